The molecule has 4 rings (SSSR count). The maximum absolute atomic E-state index is 13.2. The number of hydrogen-bond acceptors (Lipinski definition) is 5. The predicted molar refractivity (Wildman–Crippen MR) is 113 cm³/mol. The van der Waals surface area contributed by atoms with E-state index in [-0.39, 0.29) is 23.3 Å². The van der Waals surface area contributed by atoms with Crippen LogP contribution < -0.4 is 0 Å². The number of carbonyl (C=O) groups is 2. The van der Waals surface area contributed by atoms with Gasteiger partial charge in [0.15, 0.2) is 15.6 Å². The predicted octanol–water partition coefficient (Wildman–Crippen LogP) is 2.58. The second kappa shape index (κ2) is 7.95. The number of para-hydroxylation sites is 1. The average molecular weight is 426 g/mol. The van der Waals surface area contributed by atoms with Crippen LogP contribution in [-0.2, 0) is 15.6 Å². The van der Waals surface area contributed by atoms with Crippen LogP contribution in [-0.4, -0.2) is 62.5 Å². The molecule has 156 valence electrons. The Morgan fingerprint density at radius 1 is 0.867 bits per heavy atom. The lowest BCUT2D eigenvalue weighted by Crippen LogP contribution is -2.50. The standard InChI is InChI=1S/C22H22N2O5S/c1-30(27,28)15-18-17-9-5-6-10-19(17)29-20(18)22(26)24-13-11-23(12-14-24)21(25)16-7-3-2-4-8-16/h2-10H,11-15H2,1H3. The first-order chi connectivity index (χ1) is 14.3. The molecule has 0 N–H and O–H groups in total. The highest BCUT2D eigenvalue weighted by atomic mass is 32.2. The van der Waals surface area contributed by atoms with Crippen molar-refractivity contribution >= 4 is 32.6 Å². The van der Waals surface area contributed by atoms with E-state index in [0.29, 0.717) is 48.3 Å². The summed E-state index contributed by atoms with van der Waals surface area (Å²) in [6.45, 7) is 1.52. The number of fused-ring (bicyclic) bond motifs is 1. The minimum absolute atomic E-state index is 0.0597. The quantitative estimate of drug-likeness (QED) is 0.640. The molecule has 1 saturated heterocycles. The summed E-state index contributed by atoms with van der Waals surface area (Å²) in [7, 11) is -3.36. The van der Waals surface area contributed by atoms with Gasteiger partial charge in [0.2, 0.25) is 0 Å². The van der Waals surface area contributed by atoms with Gasteiger partial charge in [-0.05, 0) is 18.2 Å². The molecule has 1 aromatic heterocycles. The molecule has 1 fully saturated rings. The molecule has 3 aromatic rings. The summed E-state index contributed by atoms with van der Waals surface area (Å²) in [5, 5.41) is 0.629. The van der Waals surface area contributed by atoms with Crippen molar-refractivity contribution in [1.82, 2.24) is 9.80 Å². The van der Waals surface area contributed by atoms with Crippen LogP contribution in [0.15, 0.2) is 59.0 Å². The molecule has 1 aliphatic rings. The van der Waals surface area contributed by atoms with Crippen molar-refractivity contribution in [3.8, 4) is 0 Å². The van der Waals surface area contributed by atoms with Gasteiger partial charge in [0.05, 0.1) is 5.75 Å². The number of amides is 2. The monoisotopic (exact) mass is 426 g/mol. The third kappa shape index (κ3) is 4.09. The van der Waals surface area contributed by atoms with E-state index in [2.05, 4.69) is 0 Å². The number of sulfone groups is 1. The second-order valence-corrected chi connectivity index (χ2v) is 9.57. The SMILES string of the molecule is CS(=O)(=O)Cc1c(C(=O)N2CCN(C(=O)c3ccccc3)CC2)oc2ccccc12. The van der Waals surface area contributed by atoms with E-state index >= 15 is 0 Å². The first kappa shape index (κ1) is 20.2. The van der Waals surface area contributed by atoms with Crippen LogP contribution in [0.1, 0.15) is 26.5 Å². The largest absolute Gasteiger partial charge is 0.451 e. The Bertz CT molecular complexity index is 1190. The van der Waals surface area contributed by atoms with Crippen molar-refractivity contribution in [2.24, 2.45) is 0 Å². The molecule has 0 bridgehead atoms. The lowest BCUT2D eigenvalue weighted by atomic mass is 10.1. The summed E-state index contributed by atoms with van der Waals surface area (Å²) in [6.07, 6.45) is 1.14. The summed E-state index contributed by atoms with van der Waals surface area (Å²) in [5.41, 5.74) is 1.49. The summed E-state index contributed by atoms with van der Waals surface area (Å²) >= 11 is 0. The molecular formula is C22H22N2O5S. The maximum atomic E-state index is 13.2. The molecule has 30 heavy (non-hydrogen) atoms. The molecule has 2 heterocycles. The first-order valence-corrected chi connectivity index (χ1v) is 11.7. The van der Waals surface area contributed by atoms with Crippen molar-refractivity contribution in [3.05, 3.63) is 71.5 Å². The molecule has 0 unspecified atom stereocenters. The average Bonchev–Trinajstić information content (AvgIpc) is 3.10. The maximum Gasteiger partial charge on any atom is 0.290 e. The van der Waals surface area contributed by atoms with Gasteiger partial charge < -0.3 is 14.2 Å². The van der Waals surface area contributed by atoms with Crippen LogP contribution in [0.25, 0.3) is 11.0 Å². The number of furan rings is 1. The minimum atomic E-state index is -3.36. The van der Waals surface area contributed by atoms with Crippen molar-refractivity contribution in [1.29, 1.82) is 0 Å². The highest BCUT2D eigenvalue weighted by molar-refractivity contribution is 7.89. The molecule has 0 saturated carbocycles. The van der Waals surface area contributed by atoms with Crippen LogP contribution in [0, 0.1) is 0 Å². The summed E-state index contributed by atoms with van der Waals surface area (Å²) in [6, 6.07) is 16.1. The normalized spacial score (nSPS) is 14.8. The molecule has 7 nitrogen and oxygen atoms in total. The Morgan fingerprint density at radius 3 is 2.07 bits per heavy atom. The van der Waals surface area contributed by atoms with Crippen LogP contribution in [0.3, 0.4) is 0 Å². The number of rotatable bonds is 4. The molecule has 1 aliphatic heterocycles. The third-order valence-electron chi connectivity index (χ3n) is 5.17. The number of nitrogens with zero attached hydrogens (tertiary/aromatic N) is 2. The van der Waals surface area contributed by atoms with Gasteiger partial charge in [-0.2, -0.15) is 0 Å². The molecule has 8 heteroatoms. The zero-order chi connectivity index (χ0) is 21.3. The van der Waals surface area contributed by atoms with Crippen LogP contribution in [0.2, 0.25) is 0 Å². The summed E-state index contributed by atoms with van der Waals surface area (Å²) in [5.74, 6) is -0.623. The van der Waals surface area contributed by atoms with Gasteiger partial charge >= 0.3 is 0 Å². The topological polar surface area (TPSA) is 87.9 Å². The Hall–Kier alpha value is -3.13. The van der Waals surface area contributed by atoms with Gasteiger partial charge in [0.25, 0.3) is 11.8 Å². The van der Waals surface area contributed by atoms with Crippen molar-refractivity contribution in [2.75, 3.05) is 32.4 Å². The fourth-order valence-electron chi connectivity index (χ4n) is 3.70. The first-order valence-electron chi connectivity index (χ1n) is 9.65. The van der Waals surface area contributed by atoms with Crippen LogP contribution >= 0.6 is 0 Å². The number of carbonyl (C=O) groups excluding carboxylic acids is 2. The Morgan fingerprint density at radius 2 is 1.43 bits per heavy atom. The van der Waals surface area contributed by atoms with E-state index in [1.807, 2.05) is 18.2 Å². The Kier molecular flexibility index (Phi) is 5.34. The smallest absolute Gasteiger partial charge is 0.290 e. The van der Waals surface area contributed by atoms with Gasteiger partial charge in [0.1, 0.15) is 5.58 Å². The molecule has 0 aliphatic carbocycles. The minimum Gasteiger partial charge on any atom is -0.451 e. The molecular weight excluding hydrogens is 404 g/mol. The highest BCUT2D eigenvalue weighted by Gasteiger charge is 2.30. The Balaban J connectivity index is 1.54. The van der Waals surface area contributed by atoms with E-state index in [1.54, 1.807) is 46.2 Å². The van der Waals surface area contributed by atoms with Crippen molar-refractivity contribution < 1.29 is 22.4 Å². The lowest BCUT2D eigenvalue weighted by Gasteiger charge is -2.34. The van der Waals surface area contributed by atoms with Gasteiger partial charge in [-0.25, -0.2) is 8.42 Å². The number of piperazine rings is 1. The van der Waals surface area contributed by atoms with Crippen LogP contribution in [0.4, 0.5) is 0 Å². The molecule has 0 spiro atoms. The zero-order valence-electron chi connectivity index (χ0n) is 16.6. The lowest BCUT2D eigenvalue weighted by molar-refractivity contribution is 0.0519. The zero-order valence-corrected chi connectivity index (χ0v) is 17.4. The molecule has 2 amide bonds. The van der Waals surface area contributed by atoms with Gasteiger partial charge in [0, 0.05) is 48.9 Å². The van der Waals surface area contributed by atoms with Crippen molar-refractivity contribution in [3.63, 3.8) is 0 Å². The van der Waals surface area contributed by atoms with Crippen LogP contribution in [0.5, 0.6) is 0 Å². The van der Waals surface area contributed by atoms with E-state index < -0.39 is 9.84 Å². The van der Waals surface area contributed by atoms with E-state index in [1.165, 1.54) is 0 Å². The number of benzene rings is 2. The summed E-state index contributed by atoms with van der Waals surface area (Å²) in [4.78, 5) is 29.1. The Labute approximate surface area is 174 Å². The summed E-state index contributed by atoms with van der Waals surface area (Å²) < 4.78 is 29.6. The second-order valence-electron chi connectivity index (χ2n) is 7.43. The fourth-order valence-corrected chi connectivity index (χ4v) is 4.51. The molecule has 2 aromatic carbocycles. The molecule has 0 atom stereocenters. The van der Waals surface area contributed by atoms with E-state index in [9.17, 15) is 18.0 Å². The van der Waals surface area contributed by atoms with E-state index in [4.69, 9.17) is 4.42 Å². The van der Waals surface area contributed by atoms with Crippen molar-refractivity contribution in [2.45, 2.75) is 5.75 Å². The van der Waals surface area contributed by atoms with Gasteiger partial charge in [-0.15, -0.1) is 0 Å². The van der Waals surface area contributed by atoms with Gasteiger partial charge in [-0.3, -0.25) is 9.59 Å². The fraction of sp³-hybridized carbons (Fsp3) is 0.273. The van der Waals surface area contributed by atoms with Gasteiger partial charge in [-0.1, -0.05) is 36.4 Å². The van der Waals surface area contributed by atoms with E-state index in [0.717, 1.165) is 6.26 Å². The number of hydrogen-bond donors (Lipinski definition) is 0. The third-order valence-corrected chi connectivity index (χ3v) is 5.99. The molecule has 0 radical (unpaired) electrons. The highest BCUT2D eigenvalue weighted by Crippen LogP contribution is 2.29.